The van der Waals surface area contributed by atoms with E-state index in [-0.39, 0.29) is 0 Å². The first kappa shape index (κ1) is 17.2. The van der Waals surface area contributed by atoms with Crippen LogP contribution in [0.3, 0.4) is 0 Å². The summed E-state index contributed by atoms with van der Waals surface area (Å²) in [5.74, 6) is 0. The standard InChI is InChI=1S/C13H19F3O3Si/c1-3-18-20(17,19-4-2)10-9-11-5-7-12(8-6-11)13(14,15)16/h5-8,17H,3-4,9-10H2,1-2H3. The average Bonchev–Trinajstić information content (AvgIpc) is 2.37. The third-order valence-corrected chi connectivity index (χ3v) is 5.11. The molecule has 0 saturated carbocycles. The van der Waals surface area contributed by atoms with Gasteiger partial charge in [-0.3, -0.25) is 0 Å². The highest BCUT2D eigenvalue weighted by atomic mass is 28.4. The molecule has 0 atom stereocenters. The Morgan fingerprint density at radius 1 is 1.05 bits per heavy atom. The van der Waals surface area contributed by atoms with Crippen LogP contribution in [-0.4, -0.2) is 26.8 Å². The zero-order valence-corrected chi connectivity index (χ0v) is 12.5. The van der Waals surface area contributed by atoms with Crippen LogP contribution in [0.2, 0.25) is 6.04 Å². The van der Waals surface area contributed by atoms with Crippen LogP contribution in [0, 0.1) is 0 Å². The van der Waals surface area contributed by atoms with Gasteiger partial charge in [-0.2, -0.15) is 13.2 Å². The molecule has 0 aromatic heterocycles. The van der Waals surface area contributed by atoms with Gasteiger partial charge in [-0.1, -0.05) is 12.1 Å². The average molecular weight is 308 g/mol. The number of alkyl halides is 3. The number of benzene rings is 1. The van der Waals surface area contributed by atoms with Gasteiger partial charge in [0, 0.05) is 19.3 Å². The van der Waals surface area contributed by atoms with Crippen molar-refractivity contribution in [1.82, 2.24) is 0 Å². The molecular formula is C13H19F3O3Si. The predicted molar refractivity (Wildman–Crippen MR) is 71.2 cm³/mol. The molecule has 1 aromatic rings. The lowest BCUT2D eigenvalue weighted by molar-refractivity contribution is -0.137. The van der Waals surface area contributed by atoms with Crippen LogP contribution in [0.5, 0.6) is 0 Å². The van der Waals surface area contributed by atoms with E-state index in [4.69, 9.17) is 8.85 Å². The molecule has 0 aliphatic heterocycles. The van der Waals surface area contributed by atoms with Crippen LogP contribution < -0.4 is 0 Å². The highest BCUT2D eigenvalue weighted by Crippen LogP contribution is 2.29. The van der Waals surface area contributed by atoms with Crippen LogP contribution in [0.25, 0.3) is 0 Å². The van der Waals surface area contributed by atoms with Gasteiger partial charge in [0.2, 0.25) is 0 Å². The number of halogens is 3. The van der Waals surface area contributed by atoms with E-state index < -0.39 is 20.5 Å². The van der Waals surface area contributed by atoms with Gasteiger partial charge in [0.05, 0.1) is 5.56 Å². The Balaban J connectivity index is 2.64. The fourth-order valence-electron chi connectivity index (χ4n) is 1.80. The Morgan fingerprint density at radius 2 is 1.55 bits per heavy atom. The number of hydrogen-bond donors (Lipinski definition) is 1. The first-order valence-corrected chi connectivity index (χ1v) is 8.44. The van der Waals surface area contributed by atoms with Crippen molar-refractivity contribution in [2.75, 3.05) is 13.2 Å². The molecule has 1 aromatic carbocycles. The maximum atomic E-state index is 12.4. The van der Waals surface area contributed by atoms with Crippen molar-refractivity contribution in [2.45, 2.75) is 32.5 Å². The summed E-state index contributed by atoms with van der Waals surface area (Å²) in [6, 6.07) is 5.19. The summed E-state index contributed by atoms with van der Waals surface area (Å²) in [5.41, 5.74) is 0.0340. The third kappa shape index (κ3) is 5.24. The van der Waals surface area contributed by atoms with Gasteiger partial charge < -0.3 is 13.6 Å². The van der Waals surface area contributed by atoms with E-state index in [0.29, 0.717) is 31.2 Å². The van der Waals surface area contributed by atoms with E-state index in [0.717, 1.165) is 12.1 Å². The zero-order valence-electron chi connectivity index (χ0n) is 11.5. The Bertz CT molecular complexity index is 400. The molecule has 0 aliphatic rings. The van der Waals surface area contributed by atoms with E-state index in [1.165, 1.54) is 12.1 Å². The fourth-order valence-corrected chi connectivity index (χ4v) is 3.68. The summed E-state index contributed by atoms with van der Waals surface area (Å²) >= 11 is 0. The summed E-state index contributed by atoms with van der Waals surface area (Å²) in [5, 5.41) is 0. The Morgan fingerprint density at radius 3 is 1.95 bits per heavy atom. The van der Waals surface area contributed by atoms with Gasteiger partial charge in [-0.05, 0) is 38.0 Å². The lowest BCUT2D eigenvalue weighted by atomic mass is 10.1. The van der Waals surface area contributed by atoms with Gasteiger partial charge in [0.25, 0.3) is 0 Å². The van der Waals surface area contributed by atoms with Gasteiger partial charge in [-0.15, -0.1) is 0 Å². The smallest absolute Gasteiger partial charge is 0.390 e. The number of aryl methyl sites for hydroxylation is 1. The summed E-state index contributed by atoms with van der Waals surface area (Å²) in [7, 11) is -3.20. The third-order valence-electron chi connectivity index (χ3n) is 2.75. The van der Waals surface area contributed by atoms with Crippen molar-refractivity contribution >= 4 is 8.80 Å². The van der Waals surface area contributed by atoms with E-state index in [1.807, 2.05) is 0 Å². The minimum Gasteiger partial charge on any atom is -0.390 e. The Hall–Kier alpha value is -0.893. The van der Waals surface area contributed by atoms with E-state index in [1.54, 1.807) is 13.8 Å². The zero-order chi connectivity index (χ0) is 15.2. The van der Waals surface area contributed by atoms with Crippen molar-refractivity contribution < 1.29 is 26.8 Å². The second-order valence-corrected chi connectivity index (χ2v) is 6.78. The van der Waals surface area contributed by atoms with Crippen LogP contribution in [0.4, 0.5) is 13.2 Å². The molecular weight excluding hydrogens is 289 g/mol. The van der Waals surface area contributed by atoms with Crippen LogP contribution >= 0.6 is 0 Å². The second-order valence-electron chi connectivity index (χ2n) is 4.27. The molecule has 0 unspecified atom stereocenters. The quantitative estimate of drug-likeness (QED) is 0.786. The lowest BCUT2D eigenvalue weighted by Gasteiger charge is -2.22. The molecule has 114 valence electrons. The monoisotopic (exact) mass is 308 g/mol. The largest absolute Gasteiger partial charge is 0.498 e. The van der Waals surface area contributed by atoms with Crippen LogP contribution in [-0.2, 0) is 21.4 Å². The second kappa shape index (κ2) is 7.21. The minimum atomic E-state index is -4.33. The van der Waals surface area contributed by atoms with Gasteiger partial charge in [0.1, 0.15) is 0 Å². The fraction of sp³-hybridized carbons (Fsp3) is 0.538. The molecule has 0 heterocycles. The molecule has 0 bridgehead atoms. The first-order chi connectivity index (χ1) is 9.30. The van der Waals surface area contributed by atoms with Crippen molar-refractivity contribution in [1.29, 1.82) is 0 Å². The van der Waals surface area contributed by atoms with Gasteiger partial charge in [0.15, 0.2) is 0 Å². The van der Waals surface area contributed by atoms with E-state index in [2.05, 4.69) is 0 Å². The molecule has 3 nitrogen and oxygen atoms in total. The molecule has 1 N–H and O–H groups in total. The lowest BCUT2D eigenvalue weighted by Crippen LogP contribution is -2.43. The number of rotatable bonds is 7. The van der Waals surface area contributed by atoms with Crippen molar-refractivity contribution in [3.8, 4) is 0 Å². The molecule has 7 heteroatoms. The number of hydrogen-bond acceptors (Lipinski definition) is 3. The summed E-state index contributed by atoms with van der Waals surface area (Å²) in [6.07, 6.45) is -3.91. The van der Waals surface area contributed by atoms with Crippen molar-refractivity contribution in [2.24, 2.45) is 0 Å². The van der Waals surface area contributed by atoms with E-state index in [9.17, 15) is 18.0 Å². The van der Waals surface area contributed by atoms with Crippen molar-refractivity contribution in [3.63, 3.8) is 0 Å². The molecule has 0 radical (unpaired) electrons. The maximum absolute atomic E-state index is 12.4. The predicted octanol–water partition coefficient (Wildman–Crippen LogP) is 3.25. The van der Waals surface area contributed by atoms with Crippen LogP contribution in [0.15, 0.2) is 24.3 Å². The summed E-state index contributed by atoms with van der Waals surface area (Å²) < 4.78 is 47.8. The normalized spacial score (nSPS) is 12.7. The van der Waals surface area contributed by atoms with Gasteiger partial charge >= 0.3 is 15.0 Å². The highest BCUT2D eigenvalue weighted by molar-refractivity contribution is 6.59. The molecule has 0 saturated heterocycles. The molecule has 0 spiro atoms. The summed E-state index contributed by atoms with van der Waals surface area (Å²) in [6.45, 7) is 4.20. The highest BCUT2D eigenvalue weighted by Gasteiger charge is 2.35. The SMILES string of the molecule is CCO[Si](O)(CCc1ccc(C(F)(F)F)cc1)OCC. The topological polar surface area (TPSA) is 38.7 Å². The molecule has 1 rings (SSSR count). The minimum absolute atomic E-state index is 0.292. The maximum Gasteiger partial charge on any atom is 0.498 e. The molecule has 0 amide bonds. The van der Waals surface area contributed by atoms with Crippen molar-refractivity contribution in [3.05, 3.63) is 35.4 Å². The first-order valence-electron chi connectivity index (χ1n) is 6.47. The molecule has 0 aliphatic carbocycles. The molecule has 0 fully saturated rings. The Kier molecular flexibility index (Phi) is 6.19. The summed E-state index contributed by atoms with van der Waals surface area (Å²) in [4.78, 5) is 10.2. The molecule has 20 heavy (non-hydrogen) atoms. The van der Waals surface area contributed by atoms with Crippen LogP contribution in [0.1, 0.15) is 25.0 Å². The van der Waals surface area contributed by atoms with Gasteiger partial charge in [-0.25, -0.2) is 0 Å². The Labute approximate surface area is 117 Å². The van der Waals surface area contributed by atoms with E-state index >= 15 is 0 Å².